The third-order valence-electron chi connectivity index (χ3n) is 3.54. The van der Waals surface area contributed by atoms with Crippen LogP contribution in [-0.2, 0) is 0 Å². The second kappa shape index (κ2) is 6.18. The molecule has 4 aromatic rings. The Morgan fingerprint density at radius 1 is 0.958 bits per heavy atom. The zero-order valence-corrected chi connectivity index (χ0v) is 14.7. The summed E-state index contributed by atoms with van der Waals surface area (Å²) in [6.45, 7) is 2.07. The fourth-order valence-corrected chi connectivity index (χ4v) is 4.01. The number of methoxy groups -OCH3 is 1. The van der Waals surface area contributed by atoms with Gasteiger partial charge in [-0.15, -0.1) is 10.2 Å². The van der Waals surface area contributed by atoms with Crippen LogP contribution in [0.2, 0.25) is 0 Å². The number of hydrogen-bond donors (Lipinski definition) is 1. The predicted octanol–water partition coefficient (Wildman–Crippen LogP) is 4.88. The van der Waals surface area contributed by atoms with E-state index in [1.807, 2.05) is 18.2 Å². The van der Waals surface area contributed by atoms with Crippen LogP contribution in [0.1, 0.15) is 5.56 Å². The molecule has 4 rings (SSSR count). The standard InChI is InChI=1S/C17H14N4OS2/c1-10-6-8-11(9-7-10)15-20-21-17(24-15)19-16-18-14-12(22-2)4-3-5-13(14)23-16/h3-9H,1-2H3,(H,18,19,21). The lowest BCUT2D eigenvalue weighted by Crippen LogP contribution is -1.88. The van der Waals surface area contributed by atoms with Gasteiger partial charge in [0.05, 0.1) is 11.8 Å². The van der Waals surface area contributed by atoms with Crippen molar-refractivity contribution in [2.75, 3.05) is 12.4 Å². The molecule has 1 N–H and O–H groups in total. The van der Waals surface area contributed by atoms with E-state index in [1.54, 1.807) is 18.4 Å². The monoisotopic (exact) mass is 354 g/mol. The highest BCUT2D eigenvalue weighted by Crippen LogP contribution is 2.35. The second-order valence-electron chi connectivity index (χ2n) is 5.23. The molecule has 7 heteroatoms. The molecule has 0 aliphatic rings. The van der Waals surface area contributed by atoms with Crippen LogP contribution in [0, 0.1) is 6.92 Å². The van der Waals surface area contributed by atoms with Gasteiger partial charge in [-0.1, -0.05) is 58.6 Å². The predicted molar refractivity (Wildman–Crippen MR) is 99.5 cm³/mol. The van der Waals surface area contributed by atoms with E-state index in [4.69, 9.17) is 4.74 Å². The number of para-hydroxylation sites is 1. The molecule has 0 amide bonds. The molecule has 0 radical (unpaired) electrons. The fourth-order valence-electron chi connectivity index (χ4n) is 2.32. The molecule has 5 nitrogen and oxygen atoms in total. The zero-order valence-electron chi connectivity index (χ0n) is 13.1. The quantitative estimate of drug-likeness (QED) is 0.566. The van der Waals surface area contributed by atoms with Crippen molar-refractivity contribution in [2.45, 2.75) is 6.92 Å². The molecular weight excluding hydrogens is 340 g/mol. The number of fused-ring (bicyclic) bond motifs is 1. The van der Waals surface area contributed by atoms with Crippen molar-refractivity contribution in [2.24, 2.45) is 0 Å². The number of rotatable bonds is 4. The van der Waals surface area contributed by atoms with Gasteiger partial charge in [0.2, 0.25) is 5.13 Å². The number of aromatic nitrogens is 3. The molecule has 0 aliphatic heterocycles. The first-order valence-corrected chi connectivity index (χ1v) is 8.97. The van der Waals surface area contributed by atoms with E-state index >= 15 is 0 Å². The van der Waals surface area contributed by atoms with Gasteiger partial charge in [0, 0.05) is 5.56 Å². The number of benzene rings is 2. The Morgan fingerprint density at radius 3 is 2.58 bits per heavy atom. The molecule has 24 heavy (non-hydrogen) atoms. The van der Waals surface area contributed by atoms with Crippen molar-refractivity contribution in [3.05, 3.63) is 48.0 Å². The van der Waals surface area contributed by atoms with Crippen molar-refractivity contribution in [1.29, 1.82) is 0 Å². The van der Waals surface area contributed by atoms with E-state index in [0.717, 1.165) is 36.8 Å². The molecule has 0 unspecified atom stereocenters. The lowest BCUT2D eigenvalue weighted by Gasteiger charge is -1.98. The van der Waals surface area contributed by atoms with Crippen molar-refractivity contribution in [3.8, 4) is 16.3 Å². The first-order valence-electron chi connectivity index (χ1n) is 7.34. The average molecular weight is 354 g/mol. The maximum absolute atomic E-state index is 5.35. The van der Waals surface area contributed by atoms with Crippen molar-refractivity contribution >= 4 is 43.2 Å². The third kappa shape index (κ3) is 2.83. The van der Waals surface area contributed by atoms with E-state index in [2.05, 4.69) is 51.7 Å². The first kappa shape index (κ1) is 15.0. The number of aryl methyl sites for hydroxylation is 1. The number of ether oxygens (including phenoxy) is 1. The van der Waals surface area contributed by atoms with Gasteiger partial charge >= 0.3 is 0 Å². The van der Waals surface area contributed by atoms with Crippen LogP contribution in [0.4, 0.5) is 10.3 Å². The van der Waals surface area contributed by atoms with E-state index in [9.17, 15) is 0 Å². The van der Waals surface area contributed by atoms with Crippen molar-refractivity contribution in [3.63, 3.8) is 0 Å². The summed E-state index contributed by atoms with van der Waals surface area (Å²) in [6, 6.07) is 14.2. The molecule has 2 heterocycles. The summed E-state index contributed by atoms with van der Waals surface area (Å²) in [5.41, 5.74) is 3.15. The Hall–Kier alpha value is -2.51. The molecule has 2 aromatic heterocycles. The Morgan fingerprint density at radius 2 is 1.79 bits per heavy atom. The summed E-state index contributed by atoms with van der Waals surface area (Å²) in [5, 5.41) is 14.1. The molecule has 0 aliphatic carbocycles. The molecule has 2 aromatic carbocycles. The lowest BCUT2D eigenvalue weighted by molar-refractivity contribution is 0.419. The summed E-state index contributed by atoms with van der Waals surface area (Å²) in [7, 11) is 1.65. The second-order valence-corrected chi connectivity index (χ2v) is 7.24. The van der Waals surface area contributed by atoms with Gasteiger partial charge in [0.25, 0.3) is 0 Å². The average Bonchev–Trinajstić information content (AvgIpc) is 3.22. The molecule has 0 fully saturated rings. The zero-order chi connectivity index (χ0) is 16.5. The highest BCUT2D eigenvalue weighted by atomic mass is 32.1. The smallest absolute Gasteiger partial charge is 0.212 e. The number of anilines is 2. The minimum absolute atomic E-state index is 0.726. The van der Waals surface area contributed by atoms with E-state index in [1.165, 1.54) is 16.9 Å². The van der Waals surface area contributed by atoms with Gasteiger partial charge in [-0.3, -0.25) is 0 Å². The minimum Gasteiger partial charge on any atom is -0.494 e. The molecule has 0 spiro atoms. The van der Waals surface area contributed by atoms with Gasteiger partial charge in [-0.05, 0) is 19.1 Å². The molecule has 0 saturated carbocycles. The molecule has 0 saturated heterocycles. The fraction of sp³-hybridized carbons (Fsp3) is 0.118. The number of nitrogens with one attached hydrogen (secondary N) is 1. The number of thiazole rings is 1. The van der Waals surface area contributed by atoms with Crippen LogP contribution < -0.4 is 10.1 Å². The highest BCUT2D eigenvalue weighted by Gasteiger charge is 2.11. The summed E-state index contributed by atoms with van der Waals surface area (Å²) in [5.74, 6) is 0.773. The SMILES string of the molecule is COc1cccc2sc(Nc3nnc(-c4ccc(C)cc4)s3)nc12. The van der Waals surface area contributed by atoms with Gasteiger partial charge < -0.3 is 10.1 Å². The minimum atomic E-state index is 0.726. The lowest BCUT2D eigenvalue weighted by atomic mass is 10.2. The Balaban J connectivity index is 1.61. The molecular formula is C17H14N4OS2. The molecule has 0 atom stereocenters. The Kier molecular flexibility index (Phi) is 3.87. The van der Waals surface area contributed by atoms with Crippen LogP contribution in [0.25, 0.3) is 20.8 Å². The van der Waals surface area contributed by atoms with Crippen molar-refractivity contribution < 1.29 is 4.74 Å². The summed E-state index contributed by atoms with van der Waals surface area (Å²) >= 11 is 3.07. The molecule has 0 bridgehead atoms. The van der Waals surface area contributed by atoms with Crippen LogP contribution in [0.5, 0.6) is 5.75 Å². The first-order chi connectivity index (χ1) is 11.7. The maximum atomic E-state index is 5.35. The number of nitrogens with zero attached hydrogens (tertiary/aromatic N) is 3. The largest absolute Gasteiger partial charge is 0.494 e. The summed E-state index contributed by atoms with van der Waals surface area (Å²) < 4.78 is 6.42. The number of hydrogen-bond acceptors (Lipinski definition) is 7. The normalized spacial score (nSPS) is 10.9. The summed E-state index contributed by atoms with van der Waals surface area (Å²) in [6.07, 6.45) is 0. The summed E-state index contributed by atoms with van der Waals surface area (Å²) in [4.78, 5) is 4.59. The maximum Gasteiger partial charge on any atom is 0.212 e. The van der Waals surface area contributed by atoms with Gasteiger partial charge in [-0.2, -0.15) is 0 Å². The Bertz CT molecular complexity index is 991. The van der Waals surface area contributed by atoms with Gasteiger partial charge in [0.15, 0.2) is 5.13 Å². The van der Waals surface area contributed by atoms with Gasteiger partial charge in [0.1, 0.15) is 16.3 Å². The molecule has 120 valence electrons. The van der Waals surface area contributed by atoms with Gasteiger partial charge in [-0.25, -0.2) is 4.98 Å². The topological polar surface area (TPSA) is 59.9 Å². The van der Waals surface area contributed by atoms with Crippen LogP contribution in [0.3, 0.4) is 0 Å². The van der Waals surface area contributed by atoms with Crippen LogP contribution in [-0.4, -0.2) is 22.3 Å². The van der Waals surface area contributed by atoms with Crippen LogP contribution >= 0.6 is 22.7 Å². The van der Waals surface area contributed by atoms with Crippen LogP contribution in [0.15, 0.2) is 42.5 Å². The van der Waals surface area contributed by atoms with E-state index in [0.29, 0.717) is 0 Å². The Labute approximate surface area is 147 Å². The van der Waals surface area contributed by atoms with Crippen molar-refractivity contribution in [1.82, 2.24) is 15.2 Å². The van der Waals surface area contributed by atoms with E-state index < -0.39 is 0 Å². The highest BCUT2D eigenvalue weighted by molar-refractivity contribution is 7.23. The third-order valence-corrected chi connectivity index (χ3v) is 5.36. The van der Waals surface area contributed by atoms with E-state index in [-0.39, 0.29) is 0 Å².